The number of rotatable bonds is 7. The number of ketones is 1. The molecule has 0 atom stereocenters. The van der Waals surface area contributed by atoms with Gasteiger partial charge in [-0.2, -0.15) is 4.39 Å². The molecule has 160 valence electrons. The van der Waals surface area contributed by atoms with Gasteiger partial charge in [0.05, 0.1) is 5.69 Å². The first-order chi connectivity index (χ1) is 14.8. The van der Waals surface area contributed by atoms with Gasteiger partial charge in [0, 0.05) is 37.2 Å². The van der Waals surface area contributed by atoms with E-state index >= 15 is 0 Å². The van der Waals surface area contributed by atoms with E-state index in [0.29, 0.717) is 23.1 Å². The van der Waals surface area contributed by atoms with Crippen molar-refractivity contribution >= 4 is 17.4 Å². The van der Waals surface area contributed by atoms with Crippen molar-refractivity contribution in [3.8, 4) is 11.1 Å². The van der Waals surface area contributed by atoms with Crippen LogP contribution in [-0.2, 0) is 11.2 Å². The Labute approximate surface area is 180 Å². The predicted molar refractivity (Wildman–Crippen MR) is 117 cm³/mol. The van der Waals surface area contributed by atoms with Crippen LogP contribution < -0.4 is 4.90 Å². The Hall–Kier alpha value is -3.41. The lowest BCUT2D eigenvalue weighted by Crippen LogP contribution is -2.25. The quantitative estimate of drug-likeness (QED) is 0.372. The van der Waals surface area contributed by atoms with Crippen molar-refractivity contribution in [1.29, 1.82) is 0 Å². The molecule has 0 saturated heterocycles. The minimum atomic E-state index is -0.557. The third-order valence-corrected chi connectivity index (χ3v) is 5.30. The summed E-state index contributed by atoms with van der Waals surface area (Å²) in [5.74, 6) is -1.31. The van der Waals surface area contributed by atoms with Gasteiger partial charge in [-0.05, 0) is 54.3 Å². The lowest BCUT2D eigenvalue weighted by atomic mass is 9.95. The second kappa shape index (κ2) is 9.60. The van der Waals surface area contributed by atoms with Crippen LogP contribution in [0.25, 0.3) is 11.1 Å². The van der Waals surface area contributed by atoms with Gasteiger partial charge in [-0.25, -0.2) is 9.37 Å². The topological polar surface area (TPSA) is 50.3 Å². The second-order valence-corrected chi connectivity index (χ2v) is 7.38. The monoisotopic (exact) mass is 422 g/mol. The van der Waals surface area contributed by atoms with Crippen molar-refractivity contribution in [2.45, 2.75) is 33.1 Å². The van der Waals surface area contributed by atoms with Crippen LogP contribution in [0.15, 0.2) is 54.7 Å². The van der Waals surface area contributed by atoms with Crippen LogP contribution in [0.3, 0.4) is 0 Å². The second-order valence-electron chi connectivity index (χ2n) is 7.38. The first-order valence-electron chi connectivity index (χ1n) is 10.1. The number of hydrogen-bond acceptors (Lipinski definition) is 3. The summed E-state index contributed by atoms with van der Waals surface area (Å²) in [4.78, 5) is 29.3. The molecule has 6 heteroatoms. The van der Waals surface area contributed by atoms with Gasteiger partial charge in [0.15, 0.2) is 5.78 Å². The van der Waals surface area contributed by atoms with E-state index in [0.717, 1.165) is 11.1 Å². The van der Waals surface area contributed by atoms with Crippen molar-refractivity contribution in [1.82, 2.24) is 4.98 Å². The van der Waals surface area contributed by atoms with E-state index in [2.05, 4.69) is 4.98 Å². The molecule has 0 aliphatic rings. The van der Waals surface area contributed by atoms with Gasteiger partial charge in [-0.1, -0.05) is 31.2 Å². The normalized spacial score (nSPS) is 10.7. The number of Topliss-reactive ketones (excluding diaryl/α,β-unsaturated/α-hetero) is 1. The maximum Gasteiger partial charge on any atom is 0.226 e. The van der Waals surface area contributed by atoms with Crippen LogP contribution in [0.2, 0.25) is 0 Å². The summed E-state index contributed by atoms with van der Waals surface area (Å²) in [7, 11) is 1.55. The summed E-state index contributed by atoms with van der Waals surface area (Å²) >= 11 is 0. The maximum atomic E-state index is 14.6. The van der Waals surface area contributed by atoms with E-state index in [1.54, 1.807) is 56.4 Å². The molecule has 1 aromatic heterocycles. The van der Waals surface area contributed by atoms with E-state index in [1.807, 2.05) is 6.92 Å². The van der Waals surface area contributed by atoms with Crippen LogP contribution in [-0.4, -0.2) is 23.7 Å². The zero-order chi connectivity index (χ0) is 22.5. The molecular weight excluding hydrogens is 398 g/mol. The van der Waals surface area contributed by atoms with Crippen LogP contribution in [0, 0.1) is 18.7 Å². The molecule has 1 amide bonds. The average molecular weight is 422 g/mol. The highest BCUT2D eigenvalue weighted by Crippen LogP contribution is 2.29. The van der Waals surface area contributed by atoms with E-state index < -0.39 is 11.8 Å². The molecule has 3 rings (SSSR count). The maximum absolute atomic E-state index is 14.6. The number of carbonyl (C=O) groups excluding carboxylic acids is 2. The molecule has 0 fully saturated rings. The Morgan fingerprint density at radius 1 is 1.06 bits per heavy atom. The fourth-order valence-corrected chi connectivity index (χ4v) is 3.48. The first kappa shape index (κ1) is 22.3. The molecule has 3 aromatic rings. The molecule has 0 bridgehead atoms. The zero-order valence-corrected chi connectivity index (χ0v) is 17.8. The molecule has 0 aliphatic heterocycles. The van der Waals surface area contributed by atoms with Crippen LogP contribution in [0.5, 0.6) is 0 Å². The molecule has 0 N–H and O–H groups in total. The molecule has 0 unspecified atom stereocenters. The molecular formula is C25H24F2N2O2. The molecule has 31 heavy (non-hydrogen) atoms. The van der Waals surface area contributed by atoms with Gasteiger partial charge in [0.2, 0.25) is 11.9 Å². The standard InChI is InChI=1S/C25H24F2N2O2/c1-4-24(31)29(3)22-11-8-18(15-21(22)26)20-10-7-19(14-16(20)2)23(30)12-9-17-6-5-13-28-25(17)27/h5-8,10-11,13-15H,4,9,12H2,1-3H3. The molecule has 0 radical (unpaired) electrons. The highest BCUT2D eigenvalue weighted by molar-refractivity contribution is 5.97. The van der Waals surface area contributed by atoms with Crippen molar-refractivity contribution in [2.75, 3.05) is 11.9 Å². The van der Waals surface area contributed by atoms with Crippen molar-refractivity contribution in [3.05, 3.63) is 83.2 Å². The first-order valence-corrected chi connectivity index (χ1v) is 10.1. The zero-order valence-electron chi connectivity index (χ0n) is 17.8. The third-order valence-electron chi connectivity index (χ3n) is 5.30. The Kier molecular flexibility index (Phi) is 6.90. The summed E-state index contributed by atoms with van der Waals surface area (Å²) in [5.41, 5.74) is 3.44. The smallest absolute Gasteiger partial charge is 0.226 e. The molecule has 1 heterocycles. The SMILES string of the molecule is CCC(=O)N(C)c1ccc(-c2ccc(C(=O)CCc3cccnc3F)cc2C)cc1F. The Morgan fingerprint density at radius 2 is 1.84 bits per heavy atom. The highest BCUT2D eigenvalue weighted by atomic mass is 19.1. The summed E-state index contributed by atoms with van der Waals surface area (Å²) in [5, 5.41) is 0. The number of pyridine rings is 1. The molecule has 0 saturated carbocycles. The van der Waals surface area contributed by atoms with Gasteiger partial charge in [0.1, 0.15) is 5.82 Å². The van der Waals surface area contributed by atoms with Crippen LogP contribution in [0.4, 0.5) is 14.5 Å². The minimum absolute atomic E-state index is 0.0980. The molecule has 0 aliphatic carbocycles. The summed E-state index contributed by atoms with van der Waals surface area (Å²) in [6.07, 6.45) is 2.11. The summed E-state index contributed by atoms with van der Waals surface area (Å²) in [6.45, 7) is 3.58. The molecule has 2 aromatic carbocycles. The van der Waals surface area contributed by atoms with E-state index in [9.17, 15) is 18.4 Å². The number of aryl methyl sites for hydroxylation is 2. The van der Waals surface area contributed by atoms with Crippen molar-refractivity contribution in [2.24, 2.45) is 0 Å². The van der Waals surface area contributed by atoms with E-state index in [-0.39, 0.29) is 30.2 Å². The van der Waals surface area contributed by atoms with Gasteiger partial charge in [-0.3, -0.25) is 9.59 Å². The number of aromatic nitrogens is 1. The third kappa shape index (κ3) is 5.02. The fourth-order valence-electron chi connectivity index (χ4n) is 3.48. The number of benzene rings is 2. The molecule has 4 nitrogen and oxygen atoms in total. The number of halogens is 2. The Balaban J connectivity index is 1.77. The number of amides is 1. The Morgan fingerprint density at radius 3 is 2.48 bits per heavy atom. The lowest BCUT2D eigenvalue weighted by molar-refractivity contribution is -0.118. The Bertz CT molecular complexity index is 1130. The number of anilines is 1. The fraction of sp³-hybridized carbons (Fsp3) is 0.240. The van der Waals surface area contributed by atoms with Gasteiger partial charge < -0.3 is 4.90 Å². The van der Waals surface area contributed by atoms with Crippen LogP contribution >= 0.6 is 0 Å². The van der Waals surface area contributed by atoms with Crippen molar-refractivity contribution in [3.63, 3.8) is 0 Å². The van der Waals surface area contributed by atoms with Gasteiger partial charge >= 0.3 is 0 Å². The minimum Gasteiger partial charge on any atom is -0.313 e. The number of hydrogen-bond donors (Lipinski definition) is 0. The lowest BCUT2D eigenvalue weighted by Gasteiger charge is -2.18. The average Bonchev–Trinajstić information content (AvgIpc) is 2.77. The van der Waals surface area contributed by atoms with Gasteiger partial charge in [0.25, 0.3) is 0 Å². The van der Waals surface area contributed by atoms with Crippen LogP contribution in [0.1, 0.15) is 41.3 Å². The summed E-state index contributed by atoms with van der Waals surface area (Å²) in [6, 6.07) is 13.2. The predicted octanol–water partition coefficient (Wildman–Crippen LogP) is 5.52. The molecule has 0 spiro atoms. The highest BCUT2D eigenvalue weighted by Gasteiger charge is 2.16. The van der Waals surface area contributed by atoms with E-state index in [4.69, 9.17) is 0 Å². The number of nitrogens with zero attached hydrogens (tertiary/aromatic N) is 2. The largest absolute Gasteiger partial charge is 0.313 e. The number of carbonyl (C=O) groups is 2. The van der Waals surface area contributed by atoms with E-state index in [1.165, 1.54) is 17.2 Å². The van der Waals surface area contributed by atoms with Crippen molar-refractivity contribution < 1.29 is 18.4 Å². The van der Waals surface area contributed by atoms with Gasteiger partial charge in [-0.15, -0.1) is 0 Å². The summed E-state index contributed by atoms with van der Waals surface area (Å²) < 4.78 is 28.3.